The van der Waals surface area contributed by atoms with Crippen LogP contribution in [0.15, 0.2) is 30.6 Å². The molecule has 0 saturated carbocycles. The van der Waals surface area contributed by atoms with Crippen molar-refractivity contribution in [2.45, 2.75) is 25.7 Å². The zero-order chi connectivity index (χ0) is 15.8. The third-order valence-corrected chi connectivity index (χ3v) is 5.32. The summed E-state index contributed by atoms with van der Waals surface area (Å²) in [5.41, 5.74) is 2.34. The van der Waals surface area contributed by atoms with Gasteiger partial charge in [0.2, 0.25) is 0 Å². The Morgan fingerprint density at radius 2 is 2.09 bits per heavy atom. The van der Waals surface area contributed by atoms with E-state index in [0.29, 0.717) is 0 Å². The van der Waals surface area contributed by atoms with E-state index in [1.54, 1.807) is 35.9 Å². The van der Waals surface area contributed by atoms with E-state index in [4.69, 9.17) is 5.11 Å². The summed E-state index contributed by atoms with van der Waals surface area (Å²) in [7, 11) is 0. The highest BCUT2D eigenvalue weighted by Crippen LogP contribution is 2.38. The number of fused-ring (bicyclic) bond motifs is 3. The molecule has 0 spiro atoms. The van der Waals surface area contributed by atoms with E-state index in [9.17, 15) is 4.79 Å². The predicted molar refractivity (Wildman–Crippen MR) is 90.7 cm³/mol. The summed E-state index contributed by atoms with van der Waals surface area (Å²) in [4.78, 5) is 22.3. The van der Waals surface area contributed by atoms with Crippen LogP contribution in [0.2, 0.25) is 0 Å². The number of rotatable bonds is 3. The van der Waals surface area contributed by atoms with Gasteiger partial charge in [-0.25, -0.2) is 14.8 Å². The Kier molecular flexibility index (Phi) is 3.46. The topological polar surface area (TPSA) is 75.1 Å². The van der Waals surface area contributed by atoms with Crippen LogP contribution >= 0.6 is 11.3 Å². The van der Waals surface area contributed by atoms with Gasteiger partial charge in [0.05, 0.1) is 10.9 Å². The number of carbonyl (C=O) groups is 1. The third kappa shape index (κ3) is 2.55. The minimum atomic E-state index is -0.936. The first-order valence-corrected chi connectivity index (χ1v) is 8.39. The Morgan fingerprint density at radius 1 is 1.22 bits per heavy atom. The first-order valence-electron chi connectivity index (χ1n) is 7.58. The molecule has 0 aliphatic heterocycles. The Balaban J connectivity index is 1.78. The van der Waals surface area contributed by atoms with E-state index in [1.165, 1.54) is 23.3 Å². The molecular formula is C17H15N3O2S. The zero-order valence-electron chi connectivity index (χ0n) is 12.4. The number of anilines is 2. The number of aromatic carboxylic acids is 1. The smallest absolute Gasteiger partial charge is 0.335 e. The second-order valence-electron chi connectivity index (χ2n) is 5.62. The normalized spacial score (nSPS) is 13.7. The number of nitrogens with zero attached hydrogens (tertiary/aromatic N) is 2. The highest BCUT2D eigenvalue weighted by atomic mass is 32.1. The van der Waals surface area contributed by atoms with Crippen LogP contribution in [0.1, 0.15) is 33.6 Å². The number of thiophene rings is 1. The molecule has 2 aromatic heterocycles. The molecule has 0 bridgehead atoms. The number of aromatic nitrogens is 2. The molecule has 0 atom stereocenters. The number of carboxylic acid groups (broad SMARTS) is 1. The molecule has 1 aliphatic carbocycles. The maximum absolute atomic E-state index is 11.1. The molecule has 1 aromatic carbocycles. The molecule has 0 amide bonds. The number of benzene rings is 1. The van der Waals surface area contributed by atoms with Crippen LogP contribution in [0.5, 0.6) is 0 Å². The molecule has 1 aliphatic rings. The van der Waals surface area contributed by atoms with Crippen LogP contribution in [-0.4, -0.2) is 21.0 Å². The van der Waals surface area contributed by atoms with Crippen LogP contribution in [0.25, 0.3) is 10.2 Å². The van der Waals surface area contributed by atoms with Gasteiger partial charge in [-0.3, -0.25) is 0 Å². The molecular weight excluding hydrogens is 310 g/mol. The van der Waals surface area contributed by atoms with Gasteiger partial charge in [-0.2, -0.15) is 0 Å². The third-order valence-electron chi connectivity index (χ3n) is 4.12. The van der Waals surface area contributed by atoms with Crippen LogP contribution in [0, 0.1) is 0 Å². The summed E-state index contributed by atoms with van der Waals surface area (Å²) in [5, 5.41) is 13.5. The van der Waals surface area contributed by atoms with Gasteiger partial charge < -0.3 is 10.4 Å². The van der Waals surface area contributed by atoms with E-state index < -0.39 is 5.97 Å². The number of hydrogen-bond donors (Lipinski definition) is 2. The fourth-order valence-corrected chi connectivity index (χ4v) is 4.28. The van der Waals surface area contributed by atoms with Gasteiger partial charge >= 0.3 is 5.97 Å². The summed E-state index contributed by atoms with van der Waals surface area (Å²) in [6, 6.07) is 6.77. The molecule has 3 aromatic rings. The SMILES string of the molecule is O=C(O)c1cccc(Nc2ncnc3sc4c(c23)CCCC4)c1. The first kappa shape index (κ1) is 14.1. The maximum Gasteiger partial charge on any atom is 0.335 e. The fourth-order valence-electron chi connectivity index (χ4n) is 3.05. The van der Waals surface area contributed by atoms with Crippen molar-refractivity contribution < 1.29 is 9.90 Å². The minimum absolute atomic E-state index is 0.257. The van der Waals surface area contributed by atoms with Crippen molar-refractivity contribution in [3.8, 4) is 0 Å². The quantitative estimate of drug-likeness (QED) is 0.761. The highest BCUT2D eigenvalue weighted by molar-refractivity contribution is 7.19. The van der Waals surface area contributed by atoms with Crippen molar-refractivity contribution in [3.05, 3.63) is 46.6 Å². The van der Waals surface area contributed by atoms with Crippen LogP contribution in [-0.2, 0) is 12.8 Å². The fraction of sp³-hybridized carbons (Fsp3) is 0.235. The Labute approximate surface area is 137 Å². The molecule has 2 N–H and O–H groups in total. The molecule has 0 unspecified atom stereocenters. The lowest BCUT2D eigenvalue weighted by Crippen LogP contribution is -2.02. The Hall–Kier alpha value is -2.47. The standard InChI is InChI=1S/C17H15N3O2S/c21-17(22)10-4-3-5-11(8-10)20-15-14-12-6-1-2-7-13(12)23-16(14)19-9-18-15/h3-5,8-9H,1-2,6-7H2,(H,21,22)(H,18,19,20). The highest BCUT2D eigenvalue weighted by Gasteiger charge is 2.20. The molecule has 2 heterocycles. The number of carboxylic acids is 1. The van der Waals surface area contributed by atoms with Crippen molar-refractivity contribution in [2.75, 3.05) is 5.32 Å². The van der Waals surface area contributed by atoms with Gasteiger partial charge in [0.25, 0.3) is 0 Å². The molecule has 6 heteroatoms. The second kappa shape index (κ2) is 5.62. The molecule has 23 heavy (non-hydrogen) atoms. The lowest BCUT2D eigenvalue weighted by molar-refractivity contribution is 0.0697. The summed E-state index contributed by atoms with van der Waals surface area (Å²) in [6.45, 7) is 0. The van der Waals surface area contributed by atoms with E-state index in [-0.39, 0.29) is 5.56 Å². The molecule has 4 rings (SSSR count). The summed E-state index contributed by atoms with van der Waals surface area (Å²) in [6.07, 6.45) is 6.17. The molecule has 0 saturated heterocycles. The van der Waals surface area contributed by atoms with Crippen molar-refractivity contribution >= 4 is 39.0 Å². The van der Waals surface area contributed by atoms with Crippen molar-refractivity contribution in [1.82, 2.24) is 9.97 Å². The maximum atomic E-state index is 11.1. The van der Waals surface area contributed by atoms with E-state index in [1.807, 2.05) is 6.07 Å². The van der Waals surface area contributed by atoms with Gasteiger partial charge in [0.15, 0.2) is 0 Å². The first-order chi connectivity index (χ1) is 11.2. The average molecular weight is 325 g/mol. The van der Waals surface area contributed by atoms with E-state index in [0.717, 1.165) is 34.6 Å². The van der Waals surface area contributed by atoms with Gasteiger partial charge in [0, 0.05) is 10.6 Å². The monoisotopic (exact) mass is 325 g/mol. The van der Waals surface area contributed by atoms with E-state index >= 15 is 0 Å². The second-order valence-corrected chi connectivity index (χ2v) is 6.71. The molecule has 116 valence electrons. The number of nitrogens with one attached hydrogen (secondary N) is 1. The van der Waals surface area contributed by atoms with Gasteiger partial charge in [-0.05, 0) is 49.4 Å². The molecule has 0 radical (unpaired) electrons. The van der Waals surface area contributed by atoms with Crippen molar-refractivity contribution in [2.24, 2.45) is 0 Å². The van der Waals surface area contributed by atoms with Crippen molar-refractivity contribution in [3.63, 3.8) is 0 Å². The lowest BCUT2D eigenvalue weighted by Gasteiger charge is -2.12. The van der Waals surface area contributed by atoms with Gasteiger partial charge in [-0.1, -0.05) is 6.07 Å². The zero-order valence-corrected chi connectivity index (χ0v) is 13.2. The number of aryl methyl sites for hydroxylation is 2. The minimum Gasteiger partial charge on any atom is -0.478 e. The summed E-state index contributed by atoms with van der Waals surface area (Å²) >= 11 is 1.75. The largest absolute Gasteiger partial charge is 0.478 e. The average Bonchev–Trinajstić information content (AvgIpc) is 2.94. The Bertz CT molecular complexity index is 904. The van der Waals surface area contributed by atoms with Crippen LogP contribution in [0.3, 0.4) is 0 Å². The number of hydrogen-bond acceptors (Lipinski definition) is 5. The van der Waals surface area contributed by atoms with E-state index in [2.05, 4.69) is 15.3 Å². The molecule has 5 nitrogen and oxygen atoms in total. The van der Waals surface area contributed by atoms with Crippen molar-refractivity contribution in [1.29, 1.82) is 0 Å². The summed E-state index contributed by atoms with van der Waals surface area (Å²) < 4.78 is 0. The van der Waals surface area contributed by atoms with Crippen LogP contribution < -0.4 is 5.32 Å². The summed E-state index contributed by atoms with van der Waals surface area (Å²) in [5.74, 6) is -0.175. The van der Waals surface area contributed by atoms with Crippen LogP contribution in [0.4, 0.5) is 11.5 Å². The van der Waals surface area contributed by atoms with Gasteiger partial charge in [-0.15, -0.1) is 11.3 Å². The molecule has 0 fully saturated rings. The Morgan fingerprint density at radius 3 is 2.96 bits per heavy atom. The van der Waals surface area contributed by atoms with Gasteiger partial charge in [0.1, 0.15) is 17.0 Å². The lowest BCUT2D eigenvalue weighted by atomic mass is 9.97. The predicted octanol–water partition coefficient (Wildman–Crippen LogP) is 4.01.